The molecule has 0 bridgehead atoms. The van der Waals surface area contributed by atoms with Crippen molar-refractivity contribution in [2.75, 3.05) is 6.54 Å². The number of rotatable bonds is 8. The molecule has 8 heteroatoms. The fraction of sp³-hybridized carbons (Fsp3) is 0.241. The van der Waals surface area contributed by atoms with Crippen LogP contribution in [0, 0.1) is 27.7 Å². The summed E-state index contributed by atoms with van der Waals surface area (Å²) in [5, 5.41) is 0.357. The number of aryl methyl sites for hydroxylation is 4. The molecule has 0 saturated heterocycles. The Balaban J connectivity index is 1.54. The molecule has 0 aliphatic heterocycles. The molecule has 0 amide bonds. The highest BCUT2D eigenvalue weighted by Gasteiger charge is 2.22. The van der Waals surface area contributed by atoms with Crippen molar-refractivity contribution in [1.82, 2.24) is 4.72 Å². The lowest BCUT2D eigenvalue weighted by Crippen LogP contribution is -2.25. The van der Waals surface area contributed by atoms with Crippen LogP contribution in [0.15, 0.2) is 74.8 Å². The highest BCUT2D eigenvalue weighted by Crippen LogP contribution is 2.32. The van der Waals surface area contributed by atoms with Gasteiger partial charge in [0, 0.05) is 18.5 Å². The number of nitrogens with one attached hydrogen (secondary N) is 1. The maximum absolute atomic E-state index is 13.5. The molecule has 0 unspecified atom stereocenters. The summed E-state index contributed by atoms with van der Waals surface area (Å²) in [5.41, 5.74) is 4.26. The van der Waals surface area contributed by atoms with Crippen LogP contribution in [0.4, 0.5) is 0 Å². The quantitative estimate of drug-likeness (QED) is 0.248. The Morgan fingerprint density at radius 3 is 2.16 bits per heavy atom. The first-order valence-corrected chi connectivity index (χ1v) is 13.5. The number of benzene rings is 3. The second kappa shape index (κ2) is 10.7. The van der Waals surface area contributed by atoms with E-state index in [4.69, 9.17) is 9.15 Å². The van der Waals surface area contributed by atoms with Crippen molar-refractivity contribution in [3.63, 3.8) is 0 Å². The lowest BCUT2D eigenvalue weighted by molar-refractivity contribution is -0.134. The lowest BCUT2D eigenvalue weighted by atomic mass is 10.0. The largest absolute Gasteiger partial charge is 0.452 e. The highest BCUT2D eigenvalue weighted by atomic mass is 32.2. The Hall–Kier alpha value is -3.75. The van der Waals surface area contributed by atoms with Crippen LogP contribution in [0.5, 0.6) is 5.75 Å². The fourth-order valence-corrected chi connectivity index (χ4v) is 5.14. The molecule has 3 aromatic carbocycles. The molecule has 1 heterocycles. The third kappa shape index (κ3) is 5.98. The summed E-state index contributed by atoms with van der Waals surface area (Å²) in [6.07, 6.45) is 0.106. The van der Waals surface area contributed by atoms with Gasteiger partial charge in [-0.1, -0.05) is 53.6 Å². The number of carbonyl (C=O) groups is 1. The van der Waals surface area contributed by atoms with Gasteiger partial charge in [0.15, 0.2) is 5.76 Å². The molecule has 0 aliphatic carbocycles. The van der Waals surface area contributed by atoms with Crippen LogP contribution < -0.4 is 14.9 Å². The van der Waals surface area contributed by atoms with Crippen LogP contribution in [0.25, 0.3) is 22.3 Å². The molecule has 4 rings (SSSR count). The van der Waals surface area contributed by atoms with Crippen LogP contribution in [0.3, 0.4) is 0 Å². The molecule has 192 valence electrons. The first kappa shape index (κ1) is 26.3. The Morgan fingerprint density at radius 2 is 1.51 bits per heavy atom. The molecule has 4 aromatic rings. The van der Waals surface area contributed by atoms with E-state index >= 15 is 0 Å². The minimum absolute atomic E-state index is 0.0425. The van der Waals surface area contributed by atoms with Crippen LogP contribution >= 0.6 is 0 Å². The molecule has 7 nitrogen and oxygen atoms in total. The molecule has 1 N–H and O–H groups in total. The van der Waals surface area contributed by atoms with Crippen LogP contribution in [-0.4, -0.2) is 20.9 Å². The van der Waals surface area contributed by atoms with Gasteiger partial charge in [0.2, 0.25) is 21.2 Å². The van der Waals surface area contributed by atoms with Gasteiger partial charge in [-0.3, -0.25) is 9.59 Å². The zero-order valence-electron chi connectivity index (χ0n) is 21.3. The Kier molecular flexibility index (Phi) is 7.61. The molecule has 0 atom stereocenters. The third-order valence-electron chi connectivity index (χ3n) is 6.01. The number of hydrogen-bond acceptors (Lipinski definition) is 6. The summed E-state index contributed by atoms with van der Waals surface area (Å²) in [6.45, 7) is 7.59. The van der Waals surface area contributed by atoms with E-state index in [9.17, 15) is 18.0 Å². The molecule has 37 heavy (non-hydrogen) atoms. The first-order valence-electron chi connectivity index (χ1n) is 12.0. The van der Waals surface area contributed by atoms with Gasteiger partial charge in [-0.05, 0) is 63.4 Å². The van der Waals surface area contributed by atoms with Gasteiger partial charge in [-0.2, -0.15) is 0 Å². The van der Waals surface area contributed by atoms with Crippen molar-refractivity contribution in [2.45, 2.75) is 45.4 Å². The van der Waals surface area contributed by atoms with E-state index in [2.05, 4.69) is 4.72 Å². The van der Waals surface area contributed by atoms with E-state index < -0.39 is 21.4 Å². The van der Waals surface area contributed by atoms with E-state index in [1.807, 2.05) is 45.9 Å². The summed E-state index contributed by atoms with van der Waals surface area (Å²) in [7, 11) is -3.69. The lowest BCUT2D eigenvalue weighted by Gasteiger charge is -2.12. The number of ether oxygens (including phenoxy) is 1. The molecule has 0 spiro atoms. The first-order chi connectivity index (χ1) is 17.5. The van der Waals surface area contributed by atoms with Gasteiger partial charge in [-0.15, -0.1) is 0 Å². The minimum Gasteiger partial charge on any atom is -0.452 e. The normalized spacial score (nSPS) is 11.6. The van der Waals surface area contributed by atoms with Crippen molar-refractivity contribution in [3.05, 3.63) is 93.1 Å². The molecule has 0 aliphatic rings. The zero-order valence-corrected chi connectivity index (χ0v) is 22.1. The minimum atomic E-state index is -3.69. The predicted octanol–water partition coefficient (Wildman–Crippen LogP) is 5.36. The predicted molar refractivity (Wildman–Crippen MR) is 143 cm³/mol. The summed E-state index contributed by atoms with van der Waals surface area (Å²) in [5.74, 6) is -0.649. The van der Waals surface area contributed by atoms with Gasteiger partial charge in [0.1, 0.15) is 5.58 Å². The van der Waals surface area contributed by atoms with Crippen molar-refractivity contribution in [3.8, 4) is 17.1 Å². The second-order valence-corrected chi connectivity index (χ2v) is 11.0. The number of carbonyl (C=O) groups excluding carboxylic acids is 1. The molecular weight excluding hydrogens is 490 g/mol. The van der Waals surface area contributed by atoms with Crippen molar-refractivity contribution in [1.29, 1.82) is 0 Å². The Labute approximate surface area is 216 Å². The second-order valence-electron chi connectivity index (χ2n) is 9.20. The molecule has 0 fully saturated rings. The summed E-state index contributed by atoms with van der Waals surface area (Å²) >= 11 is 0. The third-order valence-corrected chi connectivity index (χ3v) is 7.48. The van der Waals surface area contributed by atoms with Gasteiger partial charge >= 0.3 is 5.97 Å². The molecule has 1 aromatic heterocycles. The summed E-state index contributed by atoms with van der Waals surface area (Å²) < 4.78 is 39.1. The van der Waals surface area contributed by atoms with Gasteiger partial charge in [-0.25, -0.2) is 13.1 Å². The Bertz CT molecular complexity index is 1620. The smallest absolute Gasteiger partial charge is 0.311 e. The maximum Gasteiger partial charge on any atom is 0.311 e. The topological polar surface area (TPSA) is 103 Å². The SMILES string of the molecule is Cc1ccc(-c2oc3cc(C)cc(C)c3c(=O)c2OC(=O)CCCNS(=O)(=O)c2ccc(C)cc2)cc1. The Morgan fingerprint density at radius 1 is 0.892 bits per heavy atom. The van der Waals surface area contributed by atoms with Crippen molar-refractivity contribution < 1.29 is 22.4 Å². The monoisotopic (exact) mass is 519 g/mol. The van der Waals surface area contributed by atoms with E-state index in [0.29, 0.717) is 16.5 Å². The number of fused-ring (bicyclic) bond motifs is 1. The summed E-state index contributed by atoms with van der Waals surface area (Å²) in [4.78, 5) is 26.4. The maximum atomic E-state index is 13.5. The number of sulfonamides is 1. The molecule has 0 saturated carbocycles. The highest BCUT2D eigenvalue weighted by molar-refractivity contribution is 7.89. The van der Waals surface area contributed by atoms with E-state index in [1.54, 1.807) is 30.3 Å². The average Bonchev–Trinajstić information content (AvgIpc) is 2.84. The van der Waals surface area contributed by atoms with E-state index in [1.165, 1.54) is 12.1 Å². The van der Waals surface area contributed by atoms with Crippen molar-refractivity contribution >= 4 is 27.0 Å². The molecule has 0 radical (unpaired) electrons. The van der Waals surface area contributed by atoms with Gasteiger partial charge in [0.25, 0.3) is 0 Å². The van der Waals surface area contributed by atoms with E-state index in [0.717, 1.165) is 22.3 Å². The van der Waals surface area contributed by atoms with E-state index in [-0.39, 0.29) is 35.8 Å². The van der Waals surface area contributed by atoms with Gasteiger partial charge in [0.05, 0.1) is 10.3 Å². The fourth-order valence-electron chi connectivity index (χ4n) is 4.07. The standard InChI is InChI=1S/C29H29NO6S/c1-18-7-11-22(12-8-18)28-29(27(32)26-21(4)16-20(3)17-24(26)35-28)36-25(31)6-5-15-30-37(33,34)23-13-9-19(2)10-14-23/h7-14,16-17,30H,5-6,15H2,1-4H3. The van der Waals surface area contributed by atoms with Crippen LogP contribution in [0.2, 0.25) is 0 Å². The molecular formula is C29H29NO6S. The van der Waals surface area contributed by atoms with Gasteiger partial charge < -0.3 is 9.15 Å². The summed E-state index contributed by atoms with van der Waals surface area (Å²) in [6, 6.07) is 17.5. The van der Waals surface area contributed by atoms with Crippen LogP contribution in [-0.2, 0) is 14.8 Å². The number of hydrogen-bond donors (Lipinski definition) is 1. The average molecular weight is 520 g/mol. The van der Waals surface area contributed by atoms with Crippen LogP contribution in [0.1, 0.15) is 35.1 Å². The van der Waals surface area contributed by atoms with Crippen molar-refractivity contribution in [2.24, 2.45) is 0 Å². The number of esters is 1. The zero-order chi connectivity index (χ0) is 26.7.